The topological polar surface area (TPSA) is 0 Å². The van der Waals surface area contributed by atoms with Gasteiger partial charge in [-0.25, -0.2) is 4.21 Å². The molecule has 0 aliphatic rings. The van der Waals surface area contributed by atoms with Crippen LogP contribution in [0.3, 0.4) is 0 Å². The first-order valence-corrected chi connectivity index (χ1v) is 8.92. The van der Waals surface area contributed by atoms with Gasteiger partial charge in [0.25, 0.3) is 0 Å². The van der Waals surface area contributed by atoms with E-state index in [0.717, 1.165) is 0 Å². The van der Waals surface area contributed by atoms with E-state index in [-0.39, 0.29) is 0 Å². The zero-order valence-corrected chi connectivity index (χ0v) is 9.45. The first-order chi connectivity index (χ1) is 4.02. The van der Waals surface area contributed by atoms with E-state index in [9.17, 15) is 0 Å². The molecule has 0 heterocycles. The van der Waals surface area contributed by atoms with Gasteiger partial charge in [0.2, 0.25) is 0 Å². The van der Waals surface area contributed by atoms with E-state index in [1.54, 1.807) is 4.21 Å². The number of hydrogen-bond donors (Lipinski definition) is 0. The van der Waals surface area contributed by atoms with Crippen LogP contribution in [0.2, 0.25) is 19.6 Å². The standard InChI is InChI=1S/C6H15S2Si/c1-7-6(8-2)9(3,4)5/h1-5H3/q-1. The van der Waals surface area contributed by atoms with Crippen molar-refractivity contribution in [3.05, 3.63) is 4.21 Å². The van der Waals surface area contributed by atoms with Crippen molar-refractivity contribution in [2.24, 2.45) is 0 Å². The molecule has 0 aliphatic heterocycles. The van der Waals surface area contributed by atoms with Crippen LogP contribution in [0.25, 0.3) is 0 Å². The Balaban J connectivity index is 3.79. The van der Waals surface area contributed by atoms with E-state index in [0.29, 0.717) is 0 Å². The quantitative estimate of drug-likeness (QED) is 0.482. The molecule has 0 aromatic carbocycles. The normalized spacial score (nSPS) is 12.7. The van der Waals surface area contributed by atoms with Gasteiger partial charge in [-0.3, -0.25) is 0 Å². The van der Waals surface area contributed by atoms with Gasteiger partial charge >= 0.3 is 0 Å². The molecule has 0 bridgehead atoms. The molecule has 9 heavy (non-hydrogen) atoms. The zero-order chi connectivity index (χ0) is 7.49. The minimum atomic E-state index is -0.944. The lowest BCUT2D eigenvalue weighted by atomic mass is 11.7. The number of hydrogen-bond acceptors (Lipinski definition) is 2. The second-order valence-electron chi connectivity index (χ2n) is 2.95. The maximum atomic E-state index is 2.38. The average Bonchev–Trinajstić information content (AvgIpc) is 1.65. The van der Waals surface area contributed by atoms with Crippen molar-refractivity contribution in [3.8, 4) is 0 Å². The summed E-state index contributed by atoms with van der Waals surface area (Å²) in [6, 6.07) is 0. The van der Waals surface area contributed by atoms with Crippen molar-refractivity contribution < 1.29 is 0 Å². The van der Waals surface area contributed by atoms with Crippen molar-refractivity contribution in [1.82, 2.24) is 0 Å². The highest BCUT2D eigenvalue weighted by Gasteiger charge is 2.09. The minimum Gasteiger partial charge on any atom is -0.342 e. The van der Waals surface area contributed by atoms with Crippen LogP contribution in [-0.4, -0.2) is 20.6 Å². The molecule has 3 heteroatoms. The van der Waals surface area contributed by atoms with Crippen LogP contribution in [0.4, 0.5) is 0 Å². The molecule has 0 amide bonds. The summed E-state index contributed by atoms with van der Waals surface area (Å²) in [5, 5.41) is 0. The Morgan fingerprint density at radius 1 is 1.00 bits per heavy atom. The molecule has 0 spiro atoms. The van der Waals surface area contributed by atoms with Gasteiger partial charge < -0.3 is 23.5 Å². The molecule has 0 aromatic heterocycles. The maximum absolute atomic E-state index is 2.38. The molecule has 0 saturated heterocycles. The highest BCUT2D eigenvalue weighted by atomic mass is 32.2. The molecule has 0 fully saturated rings. The fraction of sp³-hybridized carbons (Fsp3) is 0.833. The van der Waals surface area contributed by atoms with E-state index < -0.39 is 8.07 Å². The van der Waals surface area contributed by atoms with E-state index in [1.807, 2.05) is 23.5 Å². The molecular formula is C6H15S2Si-. The summed E-state index contributed by atoms with van der Waals surface area (Å²) in [5.74, 6) is 0. The van der Waals surface area contributed by atoms with Crippen LogP contribution in [0, 0.1) is 4.21 Å². The smallest absolute Gasteiger partial charge is 0.0485 e. The van der Waals surface area contributed by atoms with Gasteiger partial charge in [0, 0.05) is 0 Å². The van der Waals surface area contributed by atoms with Gasteiger partial charge in [-0.1, -0.05) is 27.7 Å². The third-order valence-corrected chi connectivity index (χ3v) is 8.85. The molecule has 0 rings (SSSR count). The third kappa shape index (κ3) is 3.58. The minimum absolute atomic E-state index is 0.944. The second kappa shape index (κ2) is 3.94. The number of thioether (sulfide) groups is 2. The third-order valence-electron chi connectivity index (χ3n) is 0.983. The highest BCUT2D eigenvalue weighted by Crippen LogP contribution is 2.36. The van der Waals surface area contributed by atoms with Crippen LogP contribution in [0.5, 0.6) is 0 Å². The van der Waals surface area contributed by atoms with E-state index in [2.05, 4.69) is 32.2 Å². The Morgan fingerprint density at radius 3 is 1.33 bits per heavy atom. The van der Waals surface area contributed by atoms with Crippen LogP contribution in [-0.2, 0) is 0 Å². The van der Waals surface area contributed by atoms with E-state index >= 15 is 0 Å². The van der Waals surface area contributed by atoms with E-state index in [1.165, 1.54) is 0 Å². The molecule has 0 aliphatic carbocycles. The lowest BCUT2D eigenvalue weighted by molar-refractivity contribution is 1.73. The van der Waals surface area contributed by atoms with Crippen molar-refractivity contribution in [3.63, 3.8) is 0 Å². The Labute approximate surface area is 68.2 Å². The van der Waals surface area contributed by atoms with Gasteiger partial charge in [0.05, 0.1) is 0 Å². The monoisotopic (exact) mass is 179 g/mol. The van der Waals surface area contributed by atoms with Crippen LogP contribution in [0.15, 0.2) is 0 Å². The van der Waals surface area contributed by atoms with Crippen molar-refractivity contribution in [2.75, 3.05) is 12.5 Å². The van der Waals surface area contributed by atoms with Gasteiger partial charge in [0.15, 0.2) is 0 Å². The largest absolute Gasteiger partial charge is 0.342 e. The van der Waals surface area contributed by atoms with Gasteiger partial charge in [-0.05, 0) is 12.5 Å². The SMILES string of the molecule is CS[C-](SC)[Si](C)(C)C. The summed E-state index contributed by atoms with van der Waals surface area (Å²) in [5.41, 5.74) is 0. The first-order valence-electron chi connectivity index (χ1n) is 2.97. The molecule has 0 nitrogen and oxygen atoms in total. The second-order valence-corrected chi connectivity index (χ2v) is 10.6. The molecule has 56 valence electrons. The fourth-order valence-electron chi connectivity index (χ4n) is 0.696. The molecule has 0 radical (unpaired) electrons. The first kappa shape index (κ1) is 9.92. The summed E-state index contributed by atoms with van der Waals surface area (Å²) in [6.07, 6.45) is 4.34. The molecule has 0 atom stereocenters. The van der Waals surface area contributed by atoms with Crippen molar-refractivity contribution in [1.29, 1.82) is 0 Å². The lowest BCUT2D eigenvalue weighted by Crippen LogP contribution is -2.26. The van der Waals surface area contributed by atoms with Crippen LogP contribution >= 0.6 is 23.5 Å². The molecule has 0 unspecified atom stereocenters. The Hall–Kier alpha value is 0.917. The Kier molecular flexibility index (Phi) is 4.34. The summed E-state index contributed by atoms with van der Waals surface area (Å²) in [6.45, 7) is 7.15. The van der Waals surface area contributed by atoms with Crippen LogP contribution in [0.1, 0.15) is 0 Å². The summed E-state index contributed by atoms with van der Waals surface area (Å²) >= 11 is 3.84. The Morgan fingerprint density at radius 2 is 1.33 bits per heavy atom. The van der Waals surface area contributed by atoms with Gasteiger partial charge in [-0.2, -0.15) is 0 Å². The van der Waals surface area contributed by atoms with Crippen LogP contribution < -0.4 is 0 Å². The number of rotatable bonds is 3. The van der Waals surface area contributed by atoms with Gasteiger partial charge in [-0.15, -0.1) is 0 Å². The Bertz CT molecular complexity index is 73.6. The lowest BCUT2D eigenvalue weighted by Gasteiger charge is -2.40. The van der Waals surface area contributed by atoms with Crippen molar-refractivity contribution in [2.45, 2.75) is 19.6 Å². The molecule has 0 N–H and O–H groups in total. The van der Waals surface area contributed by atoms with Gasteiger partial charge in [0.1, 0.15) is 0 Å². The van der Waals surface area contributed by atoms with Crippen molar-refractivity contribution >= 4 is 31.6 Å². The zero-order valence-electron chi connectivity index (χ0n) is 6.82. The summed E-state index contributed by atoms with van der Waals surface area (Å²) in [7, 11) is -0.944. The molecular weight excluding hydrogens is 164 g/mol. The predicted octanol–water partition coefficient (Wildman–Crippen LogP) is 3.08. The molecule has 0 saturated carbocycles. The summed E-state index contributed by atoms with van der Waals surface area (Å²) < 4.78 is 1.64. The molecule has 0 aromatic rings. The summed E-state index contributed by atoms with van der Waals surface area (Å²) in [4.78, 5) is 0. The maximum Gasteiger partial charge on any atom is -0.0485 e. The van der Waals surface area contributed by atoms with E-state index in [4.69, 9.17) is 0 Å². The predicted molar refractivity (Wildman–Crippen MR) is 53.6 cm³/mol. The fourth-order valence-corrected chi connectivity index (χ4v) is 6.26. The highest BCUT2D eigenvalue weighted by molar-refractivity contribution is 8.22. The average molecular weight is 179 g/mol.